The van der Waals surface area contributed by atoms with Crippen LogP contribution in [-0.2, 0) is 25.7 Å². The molecule has 0 aliphatic carbocycles. The molecule has 0 aliphatic rings. The third kappa shape index (κ3) is 8.84. The highest BCUT2D eigenvalue weighted by Crippen LogP contribution is 2.39. The van der Waals surface area contributed by atoms with Gasteiger partial charge < -0.3 is 0 Å². The van der Waals surface area contributed by atoms with E-state index in [1.807, 2.05) is 24.3 Å². The molecule has 0 amide bonds. The van der Waals surface area contributed by atoms with Crippen molar-refractivity contribution in [3.8, 4) is 0 Å². The highest BCUT2D eigenvalue weighted by atomic mass is 31.1. The third-order valence-corrected chi connectivity index (χ3v) is 12.5. The SMILES string of the molecule is C=CCc1ccc(P(CCCP(c2ccc(CC=C)cc2)c2ccc(CC=C)cc2)c2ccc(CC=C)cc2)cc1. The Balaban J connectivity index is 1.58. The van der Waals surface area contributed by atoms with E-state index in [4.69, 9.17) is 0 Å². The van der Waals surface area contributed by atoms with Crippen molar-refractivity contribution in [2.45, 2.75) is 32.1 Å². The van der Waals surface area contributed by atoms with Crippen molar-refractivity contribution in [1.29, 1.82) is 0 Å². The van der Waals surface area contributed by atoms with Gasteiger partial charge in [-0.05, 0) is 104 Å². The lowest BCUT2D eigenvalue weighted by atomic mass is 10.1. The first-order valence-electron chi connectivity index (χ1n) is 14.5. The fraction of sp³-hybridized carbons (Fsp3) is 0.179. The maximum atomic E-state index is 3.91. The van der Waals surface area contributed by atoms with Crippen LogP contribution in [0.4, 0.5) is 0 Å². The van der Waals surface area contributed by atoms with Gasteiger partial charge in [-0.1, -0.05) is 121 Å². The molecule has 0 spiro atoms. The van der Waals surface area contributed by atoms with E-state index in [1.54, 1.807) is 0 Å². The Kier molecular flexibility index (Phi) is 12.1. The van der Waals surface area contributed by atoms with Gasteiger partial charge in [-0.3, -0.25) is 0 Å². The van der Waals surface area contributed by atoms with E-state index >= 15 is 0 Å². The van der Waals surface area contributed by atoms with E-state index in [1.165, 1.54) is 62.2 Å². The highest BCUT2D eigenvalue weighted by molar-refractivity contribution is 7.74. The first-order chi connectivity index (χ1) is 20.1. The summed E-state index contributed by atoms with van der Waals surface area (Å²) in [5.74, 6) is 0. The molecule has 41 heavy (non-hydrogen) atoms. The third-order valence-electron chi connectivity index (χ3n) is 7.28. The molecule has 0 heterocycles. The molecular weight excluding hydrogens is 530 g/mol. The minimum Gasteiger partial charge on any atom is -0.103 e. The summed E-state index contributed by atoms with van der Waals surface area (Å²) in [6.07, 6.45) is 15.1. The van der Waals surface area contributed by atoms with Crippen LogP contribution in [0.5, 0.6) is 0 Å². The van der Waals surface area contributed by atoms with Crippen molar-refractivity contribution in [3.63, 3.8) is 0 Å². The molecule has 0 N–H and O–H groups in total. The summed E-state index contributed by atoms with van der Waals surface area (Å²) in [6.45, 7) is 15.6. The normalized spacial score (nSPS) is 11.0. The second-order valence-electron chi connectivity index (χ2n) is 10.3. The van der Waals surface area contributed by atoms with Gasteiger partial charge in [-0.15, -0.1) is 26.3 Å². The van der Waals surface area contributed by atoms with Crippen LogP contribution in [0.3, 0.4) is 0 Å². The molecule has 0 unspecified atom stereocenters. The Morgan fingerprint density at radius 1 is 0.366 bits per heavy atom. The first kappa shape index (κ1) is 30.7. The maximum Gasteiger partial charge on any atom is -0.0100 e. The average Bonchev–Trinajstić information content (AvgIpc) is 3.00. The van der Waals surface area contributed by atoms with E-state index < -0.39 is 15.8 Å². The summed E-state index contributed by atoms with van der Waals surface area (Å²) in [5, 5.41) is 5.82. The molecule has 4 rings (SSSR count). The predicted molar refractivity (Wildman–Crippen MR) is 188 cm³/mol. The van der Waals surface area contributed by atoms with Crippen LogP contribution in [0.1, 0.15) is 28.7 Å². The van der Waals surface area contributed by atoms with E-state index in [0.29, 0.717) is 0 Å². The van der Waals surface area contributed by atoms with Crippen LogP contribution < -0.4 is 21.2 Å². The lowest BCUT2D eigenvalue weighted by Crippen LogP contribution is -2.18. The Morgan fingerprint density at radius 2 is 0.585 bits per heavy atom. The van der Waals surface area contributed by atoms with Gasteiger partial charge in [0.2, 0.25) is 0 Å². The first-order valence-corrected chi connectivity index (χ1v) is 17.5. The lowest BCUT2D eigenvalue weighted by molar-refractivity contribution is 1.11. The molecule has 4 aromatic rings. The largest absolute Gasteiger partial charge is 0.103 e. The number of benzene rings is 4. The quantitative estimate of drug-likeness (QED) is 0.0932. The molecule has 0 aliphatic heterocycles. The molecule has 0 aromatic heterocycles. The van der Waals surface area contributed by atoms with E-state index in [-0.39, 0.29) is 0 Å². The molecule has 0 saturated carbocycles. The van der Waals surface area contributed by atoms with Crippen LogP contribution >= 0.6 is 15.8 Å². The van der Waals surface area contributed by atoms with Crippen LogP contribution in [-0.4, -0.2) is 12.3 Å². The van der Waals surface area contributed by atoms with E-state index in [2.05, 4.69) is 123 Å². The van der Waals surface area contributed by atoms with Gasteiger partial charge in [0.25, 0.3) is 0 Å². The van der Waals surface area contributed by atoms with Crippen molar-refractivity contribution >= 4 is 37.1 Å². The minimum atomic E-state index is -0.446. The zero-order chi connectivity index (χ0) is 28.9. The van der Waals surface area contributed by atoms with Crippen LogP contribution in [0.15, 0.2) is 148 Å². The fourth-order valence-corrected chi connectivity index (χ4v) is 9.98. The Labute approximate surface area is 250 Å². The summed E-state index contributed by atoms with van der Waals surface area (Å²) >= 11 is 0. The predicted octanol–water partition coefficient (Wildman–Crippen LogP) is 8.56. The van der Waals surface area contributed by atoms with E-state index in [0.717, 1.165) is 25.7 Å². The average molecular weight is 573 g/mol. The van der Waals surface area contributed by atoms with Crippen molar-refractivity contribution in [2.24, 2.45) is 0 Å². The van der Waals surface area contributed by atoms with Crippen molar-refractivity contribution < 1.29 is 0 Å². The smallest absolute Gasteiger partial charge is 0.0100 e. The van der Waals surface area contributed by atoms with Gasteiger partial charge in [0.15, 0.2) is 0 Å². The summed E-state index contributed by atoms with van der Waals surface area (Å²) in [5.41, 5.74) is 5.29. The topological polar surface area (TPSA) is 0 Å². The molecule has 0 bridgehead atoms. The van der Waals surface area contributed by atoms with Crippen LogP contribution in [0.25, 0.3) is 0 Å². The molecule has 0 fully saturated rings. The molecule has 0 atom stereocenters. The lowest BCUT2D eigenvalue weighted by Gasteiger charge is -2.23. The van der Waals surface area contributed by atoms with Gasteiger partial charge in [-0.25, -0.2) is 0 Å². The van der Waals surface area contributed by atoms with Crippen molar-refractivity contribution in [2.75, 3.05) is 12.3 Å². The monoisotopic (exact) mass is 572 g/mol. The molecule has 2 heteroatoms. The molecule has 0 nitrogen and oxygen atoms in total. The van der Waals surface area contributed by atoms with Gasteiger partial charge in [0.1, 0.15) is 0 Å². The van der Waals surface area contributed by atoms with Crippen molar-refractivity contribution in [3.05, 3.63) is 170 Å². The van der Waals surface area contributed by atoms with Gasteiger partial charge >= 0.3 is 0 Å². The number of rotatable bonds is 16. The van der Waals surface area contributed by atoms with Gasteiger partial charge in [0, 0.05) is 0 Å². The van der Waals surface area contributed by atoms with Gasteiger partial charge in [-0.2, -0.15) is 0 Å². The van der Waals surface area contributed by atoms with Gasteiger partial charge in [0.05, 0.1) is 0 Å². The summed E-state index contributed by atoms with van der Waals surface area (Å²) in [7, 11) is -0.893. The van der Waals surface area contributed by atoms with Crippen LogP contribution in [0, 0.1) is 0 Å². The molecule has 4 aromatic carbocycles. The molecule has 208 valence electrons. The summed E-state index contributed by atoms with van der Waals surface area (Å²) < 4.78 is 0. The van der Waals surface area contributed by atoms with E-state index in [9.17, 15) is 0 Å². The Morgan fingerprint density at radius 3 is 0.780 bits per heavy atom. The number of hydrogen-bond acceptors (Lipinski definition) is 0. The fourth-order valence-electron chi connectivity index (χ4n) is 5.12. The zero-order valence-electron chi connectivity index (χ0n) is 24.2. The second-order valence-corrected chi connectivity index (χ2v) is 15.0. The summed E-state index contributed by atoms with van der Waals surface area (Å²) in [4.78, 5) is 0. The standard InChI is InChI=1S/C39H42P2/c1-5-10-32-14-22-36(23-15-32)40(37-24-16-33(11-6-2)17-25-37)30-9-31-41(38-26-18-34(12-7-3)19-27-38)39-28-20-35(13-8-4)21-29-39/h5-8,14-29H,1-4,9-13,30-31H2. The van der Waals surface area contributed by atoms with Crippen molar-refractivity contribution in [1.82, 2.24) is 0 Å². The second kappa shape index (κ2) is 16.2. The molecule has 0 saturated heterocycles. The number of allylic oxidation sites excluding steroid dienone is 4. The van der Waals surface area contributed by atoms with Crippen LogP contribution in [0.2, 0.25) is 0 Å². The zero-order valence-corrected chi connectivity index (χ0v) is 26.0. The molecular formula is C39H42P2. The summed E-state index contributed by atoms with van der Waals surface area (Å²) in [6, 6.07) is 37.0. The Hall–Kier alpha value is -3.30. The minimum absolute atomic E-state index is 0.446. The Bertz CT molecular complexity index is 1180. The highest BCUT2D eigenvalue weighted by Gasteiger charge is 2.18. The molecule has 0 radical (unpaired) electrons. The number of hydrogen-bond donors (Lipinski definition) is 0. The maximum absolute atomic E-state index is 3.91.